The number of halogens is 3. The first-order chi connectivity index (χ1) is 9.01. The fourth-order valence-electron chi connectivity index (χ4n) is 1.73. The van der Waals surface area contributed by atoms with Gasteiger partial charge in [0.2, 0.25) is 0 Å². The predicted molar refractivity (Wildman–Crippen MR) is 74.0 cm³/mol. The van der Waals surface area contributed by atoms with Crippen molar-refractivity contribution in [1.82, 2.24) is 9.78 Å². The Morgan fingerprint density at radius 1 is 1.37 bits per heavy atom. The molecule has 0 aliphatic heterocycles. The van der Waals surface area contributed by atoms with Gasteiger partial charge >= 0.3 is 0 Å². The first-order valence-electron chi connectivity index (χ1n) is 5.94. The summed E-state index contributed by atoms with van der Waals surface area (Å²) < 4.78 is 29.0. The highest BCUT2D eigenvalue weighted by molar-refractivity contribution is 9.10. The number of aryl methyl sites for hydroxylation is 1. The Hall–Kier alpha value is -1.43. The van der Waals surface area contributed by atoms with Gasteiger partial charge in [0.25, 0.3) is 0 Å². The van der Waals surface area contributed by atoms with E-state index in [0.29, 0.717) is 0 Å². The smallest absolute Gasteiger partial charge is 0.147 e. The van der Waals surface area contributed by atoms with E-state index in [2.05, 4.69) is 26.3 Å². The molecule has 0 radical (unpaired) electrons. The highest BCUT2D eigenvalue weighted by Gasteiger charge is 2.13. The van der Waals surface area contributed by atoms with E-state index in [-0.39, 0.29) is 16.2 Å². The molecule has 0 fully saturated rings. The van der Waals surface area contributed by atoms with Gasteiger partial charge in [-0.15, -0.1) is 0 Å². The van der Waals surface area contributed by atoms with Gasteiger partial charge in [0.1, 0.15) is 11.6 Å². The number of aromatic nitrogens is 2. The third-order valence-corrected chi connectivity index (χ3v) is 3.47. The van der Waals surface area contributed by atoms with Crippen molar-refractivity contribution in [3.8, 4) is 0 Å². The van der Waals surface area contributed by atoms with Crippen LogP contribution in [-0.4, -0.2) is 9.78 Å². The molecular weight excluding hydrogens is 316 g/mol. The Bertz CT molecular complexity index is 583. The summed E-state index contributed by atoms with van der Waals surface area (Å²) in [6.45, 7) is 4.63. The van der Waals surface area contributed by atoms with E-state index in [9.17, 15) is 8.78 Å². The maximum Gasteiger partial charge on any atom is 0.147 e. The van der Waals surface area contributed by atoms with E-state index in [1.165, 1.54) is 0 Å². The minimum absolute atomic E-state index is 0.113. The second kappa shape index (κ2) is 5.69. The molecule has 1 N–H and O–H groups in total. The molecule has 1 atom stereocenters. The monoisotopic (exact) mass is 329 g/mol. The van der Waals surface area contributed by atoms with Crippen molar-refractivity contribution in [1.29, 1.82) is 0 Å². The van der Waals surface area contributed by atoms with Gasteiger partial charge in [-0.3, -0.25) is 4.68 Å². The standard InChI is InChI=1S/C13H14BrF2N3/c1-3-19-7-9(6-17-19)8(2)18-13-5-11(15)10(14)4-12(13)16/h4-8,18H,3H2,1-2H3. The molecule has 3 nitrogen and oxygen atoms in total. The maximum atomic E-state index is 13.7. The topological polar surface area (TPSA) is 29.9 Å². The van der Waals surface area contributed by atoms with Crippen LogP contribution in [0.4, 0.5) is 14.5 Å². The van der Waals surface area contributed by atoms with Gasteiger partial charge in [-0.2, -0.15) is 5.10 Å². The highest BCUT2D eigenvalue weighted by atomic mass is 79.9. The Kier molecular flexibility index (Phi) is 4.19. The quantitative estimate of drug-likeness (QED) is 0.855. The number of anilines is 1. The lowest BCUT2D eigenvalue weighted by atomic mass is 10.2. The molecule has 0 saturated carbocycles. The zero-order valence-corrected chi connectivity index (χ0v) is 12.2. The number of rotatable bonds is 4. The van der Waals surface area contributed by atoms with E-state index in [4.69, 9.17) is 0 Å². The normalized spacial score (nSPS) is 12.5. The second-order valence-corrected chi connectivity index (χ2v) is 5.10. The van der Waals surface area contributed by atoms with Crippen LogP contribution in [0.25, 0.3) is 0 Å². The number of benzene rings is 1. The van der Waals surface area contributed by atoms with E-state index >= 15 is 0 Å². The molecule has 0 bridgehead atoms. The van der Waals surface area contributed by atoms with Crippen LogP contribution < -0.4 is 5.32 Å². The van der Waals surface area contributed by atoms with E-state index < -0.39 is 11.6 Å². The number of nitrogens with one attached hydrogen (secondary N) is 1. The van der Waals surface area contributed by atoms with E-state index in [0.717, 1.165) is 24.2 Å². The second-order valence-electron chi connectivity index (χ2n) is 4.24. The summed E-state index contributed by atoms with van der Waals surface area (Å²) in [7, 11) is 0. The lowest BCUT2D eigenvalue weighted by Crippen LogP contribution is -2.08. The molecule has 2 aromatic rings. The minimum atomic E-state index is -0.500. The van der Waals surface area contributed by atoms with Crippen molar-refractivity contribution < 1.29 is 8.78 Å². The van der Waals surface area contributed by atoms with Crippen molar-refractivity contribution >= 4 is 21.6 Å². The van der Waals surface area contributed by atoms with Gasteiger partial charge in [-0.05, 0) is 35.8 Å². The average Bonchev–Trinajstić information content (AvgIpc) is 2.84. The molecule has 1 aromatic heterocycles. The van der Waals surface area contributed by atoms with Gasteiger partial charge in [0, 0.05) is 24.4 Å². The molecule has 0 amide bonds. The molecule has 1 heterocycles. The first kappa shape index (κ1) is 14.0. The van der Waals surface area contributed by atoms with Crippen LogP contribution >= 0.6 is 15.9 Å². The van der Waals surface area contributed by atoms with Crippen LogP contribution in [0.3, 0.4) is 0 Å². The van der Waals surface area contributed by atoms with Crippen molar-refractivity contribution in [2.75, 3.05) is 5.32 Å². The van der Waals surface area contributed by atoms with Crippen LogP contribution in [-0.2, 0) is 6.54 Å². The molecular formula is C13H14BrF2N3. The number of hydrogen-bond acceptors (Lipinski definition) is 2. The molecule has 102 valence electrons. The molecule has 0 aliphatic rings. The highest BCUT2D eigenvalue weighted by Crippen LogP contribution is 2.26. The fraction of sp³-hybridized carbons (Fsp3) is 0.308. The number of nitrogens with zero attached hydrogens (tertiary/aromatic N) is 2. The van der Waals surface area contributed by atoms with Crippen molar-refractivity contribution in [3.05, 3.63) is 46.2 Å². The lowest BCUT2D eigenvalue weighted by Gasteiger charge is -2.14. The SMILES string of the molecule is CCn1cc(C(C)Nc2cc(F)c(Br)cc2F)cn1. The largest absolute Gasteiger partial charge is 0.376 e. The summed E-state index contributed by atoms with van der Waals surface area (Å²) in [6.07, 6.45) is 3.60. The molecule has 0 aliphatic carbocycles. The van der Waals surface area contributed by atoms with Gasteiger partial charge in [-0.25, -0.2) is 8.78 Å². The zero-order valence-electron chi connectivity index (χ0n) is 10.6. The molecule has 6 heteroatoms. The van der Waals surface area contributed by atoms with E-state index in [1.54, 1.807) is 10.9 Å². The van der Waals surface area contributed by atoms with Gasteiger partial charge in [0.05, 0.1) is 22.4 Å². The Labute approximate surface area is 118 Å². The average molecular weight is 330 g/mol. The predicted octanol–water partition coefficient (Wildman–Crippen LogP) is 4.12. The Morgan fingerprint density at radius 2 is 2.11 bits per heavy atom. The number of hydrogen-bond donors (Lipinski definition) is 1. The molecule has 1 aromatic carbocycles. The third kappa shape index (κ3) is 3.12. The summed E-state index contributed by atoms with van der Waals surface area (Å²) >= 11 is 2.95. The molecule has 0 saturated heterocycles. The molecule has 0 spiro atoms. The lowest BCUT2D eigenvalue weighted by molar-refractivity contribution is 0.595. The first-order valence-corrected chi connectivity index (χ1v) is 6.74. The summed E-state index contributed by atoms with van der Waals surface area (Å²) in [5, 5.41) is 7.10. The summed E-state index contributed by atoms with van der Waals surface area (Å²) in [6, 6.07) is 2.09. The van der Waals surface area contributed by atoms with Crippen LogP contribution in [0.5, 0.6) is 0 Å². The van der Waals surface area contributed by atoms with Gasteiger partial charge in [0.15, 0.2) is 0 Å². The Balaban J connectivity index is 2.18. The zero-order chi connectivity index (χ0) is 14.0. The van der Waals surface area contributed by atoms with Crippen LogP contribution in [0, 0.1) is 11.6 Å². The van der Waals surface area contributed by atoms with Crippen LogP contribution in [0.15, 0.2) is 29.0 Å². The van der Waals surface area contributed by atoms with Crippen molar-refractivity contribution in [2.24, 2.45) is 0 Å². The summed E-state index contributed by atoms with van der Waals surface area (Å²) in [5.41, 5.74) is 1.06. The molecule has 19 heavy (non-hydrogen) atoms. The maximum absolute atomic E-state index is 13.7. The van der Waals surface area contributed by atoms with Crippen LogP contribution in [0.1, 0.15) is 25.5 Å². The molecule has 1 unspecified atom stereocenters. The van der Waals surface area contributed by atoms with Gasteiger partial charge in [-0.1, -0.05) is 0 Å². The fourth-order valence-corrected chi connectivity index (χ4v) is 2.04. The van der Waals surface area contributed by atoms with Crippen molar-refractivity contribution in [3.63, 3.8) is 0 Å². The minimum Gasteiger partial charge on any atom is -0.376 e. The van der Waals surface area contributed by atoms with Crippen molar-refractivity contribution in [2.45, 2.75) is 26.4 Å². The van der Waals surface area contributed by atoms with Gasteiger partial charge < -0.3 is 5.32 Å². The van der Waals surface area contributed by atoms with E-state index in [1.807, 2.05) is 20.0 Å². The molecule has 2 rings (SSSR count). The van der Waals surface area contributed by atoms with Crippen LogP contribution in [0.2, 0.25) is 0 Å². The Morgan fingerprint density at radius 3 is 2.74 bits per heavy atom. The summed E-state index contributed by atoms with van der Waals surface area (Å²) in [5.74, 6) is -0.997. The summed E-state index contributed by atoms with van der Waals surface area (Å²) in [4.78, 5) is 0. The third-order valence-electron chi connectivity index (χ3n) is 2.86.